The van der Waals surface area contributed by atoms with Crippen LogP contribution in [0.3, 0.4) is 0 Å². The third-order valence-corrected chi connectivity index (χ3v) is 5.55. The van der Waals surface area contributed by atoms with Crippen molar-refractivity contribution in [1.29, 1.82) is 0 Å². The SMILES string of the molecule is COc1ccc(F)c(-c2ccc(C3CCc4ccc(CCC(=O)O)cc4O3)cc2)c1F. The maximum absolute atomic E-state index is 14.6. The van der Waals surface area contributed by atoms with E-state index >= 15 is 0 Å². The summed E-state index contributed by atoms with van der Waals surface area (Å²) >= 11 is 0. The van der Waals surface area contributed by atoms with Crippen molar-refractivity contribution in [2.45, 2.75) is 31.8 Å². The first kappa shape index (κ1) is 20.8. The monoisotopic (exact) mass is 424 g/mol. The van der Waals surface area contributed by atoms with E-state index < -0.39 is 17.6 Å². The second-order valence-electron chi connectivity index (χ2n) is 7.54. The summed E-state index contributed by atoms with van der Waals surface area (Å²) < 4.78 is 40.0. The molecule has 0 spiro atoms. The molecule has 1 heterocycles. The number of hydrogen-bond acceptors (Lipinski definition) is 3. The van der Waals surface area contributed by atoms with Crippen LogP contribution < -0.4 is 9.47 Å². The van der Waals surface area contributed by atoms with Crippen molar-refractivity contribution in [1.82, 2.24) is 0 Å². The third-order valence-electron chi connectivity index (χ3n) is 5.55. The molecule has 0 saturated carbocycles. The minimum Gasteiger partial charge on any atom is -0.494 e. The van der Waals surface area contributed by atoms with Gasteiger partial charge in [-0.1, -0.05) is 36.4 Å². The van der Waals surface area contributed by atoms with Gasteiger partial charge in [0, 0.05) is 6.42 Å². The molecule has 3 aromatic rings. The van der Waals surface area contributed by atoms with Gasteiger partial charge >= 0.3 is 5.97 Å². The molecule has 0 amide bonds. The number of aryl methyl sites for hydroxylation is 2. The number of carboxylic acids is 1. The van der Waals surface area contributed by atoms with Crippen LogP contribution in [-0.4, -0.2) is 18.2 Å². The lowest BCUT2D eigenvalue weighted by molar-refractivity contribution is -0.136. The van der Waals surface area contributed by atoms with E-state index in [2.05, 4.69) is 0 Å². The molecule has 4 nitrogen and oxygen atoms in total. The third kappa shape index (κ3) is 4.38. The van der Waals surface area contributed by atoms with Gasteiger partial charge in [0.15, 0.2) is 11.6 Å². The van der Waals surface area contributed by atoms with Gasteiger partial charge in [0.1, 0.15) is 17.7 Å². The number of ether oxygens (including phenoxy) is 2. The number of fused-ring (bicyclic) bond motifs is 1. The minimum absolute atomic E-state index is 0.00796. The zero-order chi connectivity index (χ0) is 22.0. The fourth-order valence-electron chi connectivity index (χ4n) is 3.88. The lowest BCUT2D eigenvalue weighted by Gasteiger charge is -2.27. The first-order valence-electron chi connectivity index (χ1n) is 10.1. The van der Waals surface area contributed by atoms with Crippen molar-refractivity contribution in [2.24, 2.45) is 0 Å². The average Bonchev–Trinajstić information content (AvgIpc) is 2.78. The normalized spacial score (nSPS) is 15.1. The van der Waals surface area contributed by atoms with Crippen LogP contribution in [0.2, 0.25) is 0 Å². The summed E-state index contributed by atoms with van der Waals surface area (Å²) in [5.74, 6) is -1.46. The Balaban J connectivity index is 1.55. The first-order chi connectivity index (χ1) is 15.0. The number of carbonyl (C=O) groups is 1. The van der Waals surface area contributed by atoms with E-state index in [-0.39, 0.29) is 23.8 Å². The average molecular weight is 424 g/mol. The van der Waals surface area contributed by atoms with E-state index in [1.165, 1.54) is 19.2 Å². The van der Waals surface area contributed by atoms with E-state index in [0.717, 1.165) is 35.3 Å². The minimum atomic E-state index is -0.833. The number of aliphatic carboxylic acids is 1. The van der Waals surface area contributed by atoms with Crippen molar-refractivity contribution in [3.8, 4) is 22.6 Å². The molecule has 0 radical (unpaired) electrons. The van der Waals surface area contributed by atoms with Crippen LogP contribution in [-0.2, 0) is 17.6 Å². The van der Waals surface area contributed by atoms with Crippen LogP contribution in [0.15, 0.2) is 54.6 Å². The number of benzene rings is 3. The molecule has 1 aliphatic heterocycles. The Hall–Kier alpha value is -3.41. The highest BCUT2D eigenvalue weighted by atomic mass is 19.1. The van der Waals surface area contributed by atoms with Gasteiger partial charge in [-0.25, -0.2) is 8.78 Å². The molecular formula is C25H22F2O4. The smallest absolute Gasteiger partial charge is 0.303 e. The van der Waals surface area contributed by atoms with Gasteiger partial charge in [0.05, 0.1) is 12.7 Å². The molecule has 160 valence electrons. The predicted octanol–water partition coefficient (Wildman–Crippen LogP) is 5.72. The van der Waals surface area contributed by atoms with Gasteiger partial charge in [-0.05, 0) is 59.7 Å². The summed E-state index contributed by atoms with van der Waals surface area (Å²) in [5, 5.41) is 8.89. The number of hydrogen-bond donors (Lipinski definition) is 1. The quantitative estimate of drug-likeness (QED) is 0.550. The van der Waals surface area contributed by atoms with Gasteiger partial charge in [0.2, 0.25) is 0 Å². The van der Waals surface area contributed by atoms with Gasteiger partial charge < -0.3 is 14.6 Å². The molecule has 0 aromatic heterocycles. The molecule has 0 saturated heterocycles. The summed E-state index contributed by atoms with van der Waals surface area (Å²) in [6.45, 7) is 0. The van der Waals surface area contributed by atoms with Gasteiger partial charge in [-0.3, -0.25) is 4.79 Å². The molecule has 31 heavy (non-hydrogen) atoms. The van der Waals surface area contributed by atoms with Crippen LogP contribution in [0.1, 0.15) is 35.6 Å². The summed E-state index contributed by atoms with van der Waals surface area (Å²) in [6, 6.07) is 15.3. The summed E-state index contributed by atoms with van der Waals surface area (Å²) in [6.07, 6.45) is 1.95. The fraction of sp³-hybridized carbons (Fsp3) is 0.240. The van der Waals surface area contributed by atoms with Crippen LogP contribution in [0, 0.1) is 11.6 Å². The Kier molecular flexibility index (Phi) is 5.89. The zero-order valence-corrected chi connectivity index (χ0v) is 17.0. The molecule has 1 aliphatic rings. The van der Waals surface area contributed by atoms with E-state index in [9.17, 15) is 13.6 Å². The van der Waals surface area contributed by atoms with Gasteiger partial charge in [-0.2, -0.15) is 0 Å². The lowest BCUT2D eigenvalue weighted by atomic mass is 9.94. The topological polar surface area (TPSA) is 55.8 Å². The van der Waals surface area contributed by atoms with Crippen molar-refractivity contribution in [2.75, 3.05) is 7.11 Å². The standard InChI is InChI=1S/C25H22F2O4/c1-30-21-12-10-19(26)24(25(21)27)18-7-5-16(6-8-18)20-11-9-17-4-2-15(3-13-23(28)29)14-22(17)31-20/h2,4-8,10,12,14,20H,3,9,11,13H2,1H3,(H,28,29). The van der Waals surface area contributed by atoms with E-state index in [0.29, 0.717) is 12.0 Å². The van der Waals surface area contributed by atoms with E-state index in [4.69, 9.17) is 14.6 Å². The van der Waals surface area contributed by atoms with Crippen molar-refractivity contribution in [3.05, 3.63) is 82.9 Å². The molecular weight excluding hydrogens is 402 g/mol. The van der Waals surface area contributed by atoms with E-state index in [1.807, 2.05) is 30.3 Å². The van der Waals surface area contributed by atoms with Gasteiger partial charge in [-0.15, -0.1) is 0 Å². The van der Waals surface area contributed by atoms with Crippen molar-refractivity contribution < 1.29 is 28.2 Å². The molecule has 0 fully saturated rings. The summed E-state index contributed by atoms with van der Waals surface area (Å²) in [7, 11) is 1.34. The molecule has 4 rings (SSSR count). The number of methoxy groups -OCH3 is 1. The largest absolute Gasteiger partial charge is 0.494 e. The zero-order valence-electron chi connectivity index (χ0n) is 17.0. The molecule has 1 N–H and O–H groups in total. The maximum Gasteiger partial charge on any atom is 0.303 e. The van der Waals surface area contributed by atoms with Crippen LogP contribution in [0.4, 0.5) is 8.78 Å². The molecule has 0 aliphatic carbocycles. The Morgan fingerprint density at radius 1 is 1.13 bits per heavy atom. The first-order valence-corrected chi connectivity index (χ1v) is 10.1. The van der Waals surface area contributed by atoms with E-state index in [1.54, 1.807) is 12.1 Å². The Bertz CT molecular complexity index is 1110. The van der Waals surface area contributed by atoms with Crippen LogP contribution >= 0.6 is 0 Å². The number of rotatable bonds is 6. The maximum atomic E-state index is 14.6. The molecule has 3 aromatic carbocycles. The molecule has 0 bridgehead atoms. The summed E-state index contributed by atoms with van der Waals surface area (Å²) in [4.78, 5) is 10.8. The number of halogens is 2. The molecule has 1 atom stereocenters. The van der Waals surface area contributed by atoms with Gasteiger partial charge in [0.25, 0.3) is 0 Å². The lowest BCUT2D eigenvalue weighted by Crippen LogP contribution is -2.15. The van der Waals surface area contributed by atoms with Crippen LogP contribution in [0.5, 0.6) is 11.5 Å². The predicted molar refractivity (Wildman–Crippen MR) is 112 cm³/mol. The second-order valence-corrected chi connectivity index (χ2v) is 7.54. The molecule has 1 unspecified atom stereocenters. The highest BCUT2D eigenvalue weighted by Crippen LogP contribution is 2.37. The molecule has 6 heteroatoms. The second kappa shape index (κ2) is 8.76. The Morgan fingerprint density at radius 2 is 1.90 bits per heavy atom. The van der Waals surface area contributed by atoms with Crippen LogP contribution in [0.25, 0.3) is 11.1 Å². The summed E-state index contributed by atoms with van der Waals surface area (Å²) in [5.41, 5.74) is 3.22. The highest BCUT2D eigenvalue weighted by Gasteiger charge is 2.22. The fourth-order valence-corrected chi connectivity index (χ4v) is 3.88. The Labute approximate surface area is 179 Å². The highest BCUT2D eigenvalue weighted by molar-refractivity contribution is 5.68. The van der Waals surface area contributed by atoms with Crippen molar-refractivity contribution >= 4 is 5.97 Å². The number of carboxylic acid groups (broad SMARTS) is 1. The Morgan fingerprint density at radius 3 is 2.61 bits per heavy atom. The van der Waals surface area contributed by atoms with Crippen molar-refractivity contribution in [3.63, 3.8) is 0 Å².